The Balaban J connectivity index is 1.76. The van der Waals surface area contributed by atoms with Crippen LogP contribution in [-0.2, 0) is 6.54 Å². The number of likely N-dealkylation sites (tertiary alicyclic amines) is 1. The topological polar surface area (TPSA) is 40.0 Å². The number of rotatable bonds is 7. The van der Waals surface area contributed by atoms with Gasteiger partial charge >= 0.3 is 0 Å². The summed E-state index contributed by atoms with van der Waals surface area (Å²) in [5, 5.41) is 0. The monoisotopic (exact) mass is 352 g/mol. The molecule has 1 aliphatic heterocycles. The van der Waals surface area contributed by atoms with E-state index in [-0.39, 0.29) is 5.78 Å². The van der Waals surface area contributed by atoms with E-state index < -0.39 is 0 Å². The SMILES string of the molecule is COc1cccc(/C=C/C(=O)c2ccc(OC)c(C[NH+]3CCCC3)c2)c1. The molecule has 1 aliphatic rings. The van der Waals surface area contributed by atoms with Crippen LogP contribution in [0.15, 0.2) is 48.5 Å². The average Bonchev–Trinajstić information content (AvgIpc) is 3.19. The van der Waals surface area contributed by atoms with E-state index in [2.05, 4.69) is 0 Å². The molecular weight excluding hydrogens is 326 g/mol. The summed E-state index contributed by atoms with van der Waals surface area (Å²) in [6.07, 6.45) is 5.99. The molecular formula is C22H26NO3+. The van der Waals surface area contributed by atoms with Crippen LogP contribution in [0.2, 0.25) is 0 Å². The summed E-state index contributed by atoms with van der Waals surface area (Å²) < 4.78 is 10.7. The van der Waals surface area contributed by atoms with Crippen molar-refractivity contribution in [1.82, 2.24) is 0 Å². The zero-order valence-electron chi connectivity index (χ0n) is 15.5. The van der Waals surface area contributed by atoms with Crippen molar-refractivity contribution in [2.75, 3.05) is 27.3 Å². The maximum absolute atomic E-state index is 12.6. The number of ketones is 1. The molecule has 0 saturated carbocycles. The maximum Gasteiger partial charge on any atom is 0.185 e. The normalized spacial score (nSPS) is 14.7. The van der Waals surface area contributed by atoms with E-state index in [1.807, 2.05) is 48.5 Å². The molecule has 0 bridgehead atoms. The molecule has 4 nitrogen and oxygen atoms in total. The number of hydrogen-bond acceptors (Lipinski definition) is 3. The van der Waals surface area contributed by atoms with Crippen LogP contribution >= 0.6 is 0 Å². The number of allylic oxidation sites excluding steroid dienone is 1. The van der Waals surface area contributed by atoms with Crippen LogP contribution in [0.1, 0.15) is 34.3 Å². The summed E-state index contributed by atoms with van der Waals surface area (Å²) in [6.45, 7) is 3.29. The molecule has 136 valence electrons. The van der Waals surface area contributed by atoms with Crippen molar-refractivity contribution in [2.45, 2.75) is 19.4 Å². The molecule has 1 heterocycles. The van der Waals surface area contributed by atoms with Crippen molar-refractivity contribution in [3.63, 3.8) is 0 Å². The van der Waals surface area contributed by atoms with Gasteiger partial charge in [0.05, 0.1) is 27.3 Å². The Labute approximate surface area is 155 Å². The minimum absolute atomic E-state index is 0.00635. The van der Waals surface area contributed by atoms with Gasteiger partial charge in [-0.1, -0.05) is 18.2 Å². The smallest absolute Gasteiger partial charge is 0.185 e. The lowest BCUT2D eigenvalue weighted by atomic mass is 10.0. The molecule has 0 unspecified atom stereocenters. The van der Waals surface area contributed by atoms with Crippen LogP contribution < -0.4 is 14.4 Å². The minimum atomic E-state index is -0.00635. The van der Waals surface area contributed by atoms with Crippen molar-refractivity contribution < 1.29 is 19.2 Å². The lowest BCUT2D eigenvalue weighted by Crippen LogP contribution is -3.08. The molecule has 2 aromatic rings. The van der Waals surface area contributed by atoms with Crippen LogP contribution in [-0.4, -0.2) is 33.1 Å². The highest BCUT2D eigenvalue weighted by Gasteiger charge is 2.18. The molecule has 4 heteroatoms. The Morgan fingerprint density at radius 1 is 1.08 bits per heavy atom. The zero-order valence-corrected chi connectivity index (χ0v) is 15.5. The fourth-order valence-corrected chi connectivity index (χ4v) is 3.40. The Bertz CT molecular complexity index is 792. The molecule has 0 radical (unpaired) electrons. The highest BCUT2D eigenvalue weighted by atomic mass is 16.5. The van der Waals surface area contributed by atoms with E-state index in [4.69, 9.17) is 9.47 Å². The van der Waals surface area contributed by atoms with Gasteiger partial charge in [-0.2, -0.15) is 0 Å². The number of hydrogen-bond donors (Lipinski definition) is 1. The van der Waals surface area contributed by atoms with Crippen molar-refractivity contribution in [2.24, 2.45) is 0 Å². The van der Waals surface area contributed by atoms with Crippen molar-refractivity contribution in [3.8, 4) is 11.5 Å². The van der Waals surface area contributed by atoms with Gasteiger partial charge in [-0.25, -0.2) is 0 Å². The van der Waals surface area contributed by atoms with Crippen molar-refractivity contribution >= 4 is 11.9 Å². The fraction of sp³-hybridized carbons (Fsp3) is 0.318. The number of nitrogens with one attached hydrogen (secondary N) is 1. The van der Waals surface area contributed by atoms with E-state index in [9.17, 15) is 4.79 Å². The van der Waals surface area contributed by atoms with Gasteiger partial charge in [0, 0.05) is 24.0 Å². The predicted octanol–water partition coefficient (Wildman–Crippen LogP) is 2.78. The Hall–Kier alpha value is -2.59. The molecule has 1 N–H and O–H groups in total. The third-order valence-corrected chi connectivity index (χ3v) is 4.84. The van der Waals surface area contributed by atoms with Gasteiger partial charge in [-0.05, 0) is 42.0 Å². The van der Waals surface area contributed by atoms with Gasteiger partial charge < -0.3 is 14.4 Å². The van der Waals surface area contributed by atoms with Gasteiger partial charge in [-0.15, -0.1) is 0 Å². The molecule has 1 fully saturated rings. The second kappa shape index (κ2) is 8.68. The number of carbonyl (C=O) groups excluding carboxylic acids is 1. The highest BCUT2D eigenvalue weighted by molar-refractivity contribution is 6.07. The van der Waals surface area contributed by atoms with Gasteiger partial charge in [0.15, 0.2) is 5.78 Å². The number of quaternary nitrogens is 1. The summed E-state index contributed by atoms with van der Waals surface area (Å²) in [4.78, 5) is 14.2. The Morgan fingerprint density at radius 2 is 1.88 bits per heavy atom. The van der Waals surface area contributed by atoms with E-state index in [0.29, 0.717) is 5.56 Å². The van der Waals surface area contributed by atoms with Gasteiger partial charge in [0.25, 0.3) is 0 Å². The average molecular weight is 352 g/mol. The third-order valence-electron chi connectivity index (χ3n) is 4.84. The standard InChI is InChI=1S/C22H25NO3/c1-25-20-7-5-6-17(14-20)8-10-21(24)18-9-11-22(26-2)19(15-18)16-23-12-3-4-13-23/h5-11,14-15H,3-4,12-13,16H2,1-2H3/p+1/b10-8+. The van der Waals surface area contributed by atoms with Gasteiger partial charge in [0.1, 0.15) is 18.0 Å². The Morgan fingerprint density at radius 3 is 2.62 bits per heavy atom. The first-order chi connectivity index (χ1) is 12.7. The van der Waals surface area contributed by atoms with E-state index in [1.165, 1.54) is 25.9 Å². The lowest BCUT2D eigenvalue weighted by molar-refractivity contribution is -0.901. The number of benzene rings is 2. The second-order valence-electron chi connectivity index (χ2n) is 6.63. The fourth-order valence-electron chi connectivity index (χ4n) is 3.40. The first-order valence-electron chi connectivity index (χ1n) is 9.06. The van der Waals surface area contributed by atoms with E-state index in [1.54, 1.807) is 25.2 Å². The summed E-state index contributed by atoms with van der Waals surface area (Å²) >= 11 is 0. The van der Waals surface area contributed by atoms with Crippen molar-refractivity contribution in [3.05, 3.63) is 65.2 Å². The van der Waals surface area contributed by atoms with Crippen LogP contribution in [0.25, 0.3) is 6.08 Å². The highest BCUT2D eigenvalue weighted by Crippen LogP contribution is 2.20. The molecule has 26 heavy (non-hydrogen) atoms. The molecule has 1 saturated heterocycles. The van der Waals surface area contributed by atoms with Crippen LogP contribution in [0.5, 0.6) is 11.5 Å². The van der Waals surface area contributed by atoms with Crippen LogP contribution in [0, 0.1) is 0 Å². The molecule has 0 spiro atoms. The first kappa shape index (κ1) is 18.2. The van der Waals surface area contributed by atoms with E-state index >= 15 is 0 Å². The van der Waals surface area contributed by atoms with E-state index in [0.717, 1.165) is 29.2 Å². The zero-order chi connectivity index (χ0) is 18.4. The predicted molar refractivity (Wildman–Crippen MR) is 103 cm³/mol. The van der Waals surface area contributed by atoms with Crippen LogP contribution in [0.4, 0.5) is 0 Å². The molecule has 3 rings (SSSR count). The molecule has 0 atom stereocenters. The molecule has 0 aliphatic carbocycles. The summed E-state index contributed by atoms with van der Waals surface area (Å²) in [5.41, 5.74) is 2.73. The Kier molecular flexibility index (Phi) is 6.08. The maximum atomic E-state index is 12.6. The van der Waals surface area contributed by atoms with Gasteiger partial charge in [0.2, 0.25) is 0 Å². The number of ether oxygens (including phenoxy) is 2. The summed E-state index contributed by atoms with van der Waals surface area (Å²) in [6, 6.07) is 13.4. The van der Waals surface area contributed by atoms with Crippen LogP contribution in [0.3, 0.4) is 0 Å². The third kappa shape index (κ3) is 4.52. The second-order valence-corrected chi connectivity index (χ2v) is 6.63. The molecule has 2 aromatic carbocycles. The summed E-state index contributed by atoms with van der Waals surface area (Å²) in [5.74, 6) is 1.63. The first-order valence-corrected chi connectivity index (χ1v) is 9.06. The number of methoxy groups -OCH3 is 2. The summed E-state index contributed by atoms with van der Waals surface area (Å²) in [7, 11) is 3.32. The minimum Gasteiger partial charge on any atom is -0.497 e. The quantitative estimate of drug-likeness (QED) is 0.615. The van der Waals surface area contributed by atoms with Crippen molar-refractivity contribution in [1.29, 1.82) is 0 Å². The molecule has 0 amide bonds. The number of carbonyl (C=O) groups is 1. The van der Waals surface area contributed by atoms with Gasteiger partial charge in [-0.3, -0.25) is 4.79 Å². The molecule has 0 aromatic heterocycles. The lowest BCUT2D eigenvalue weighted by Gasteiger charge is -2.15. The largest absolute Gasteiger partial charge is 0.497 e.